The molecule has 0 fully saturated rings. The number of nitrogens with zero attached hydrogens (tertiary/aromatic N) is 2. The van der Waals surface area contributed by atoms with Crippen molar-refractivity contribution in [1.82, 2.24) is 4.98 Å². The minimum Gasteiger partial charge on any atom is -0.450 e. The van der Waals surface area contributed by atoms with Crippen molar-refractivity contribution >= 4 is 40.1 Å². The molecule has 0 unspecified atom stereocenters. The summed E-state index contributed by atoms with van der Waals surface area (Å²) in [6.07, 6.45) is -1.39. The van der Waals surface area contributed by atoms with E-state index in [1.807, 2.05) is 60.7 Å². The Bertz CT molecular complexity index is 1260. The van der Waals surface area contributed by atoms with Gasteiger partial charge < -0.3 is 20.0 Å². The van der Waals surface area contributed by atoms with Gasteiger partial charge in [-0.2, -0.15) is 0 Å². The smallest absolute Gasteiger partial charge is 0.413 e. The highest BCUT2D eigenvalue weighted by Crippen LogP contribution is 2.28. The summed E-state index contributed by atoms with van der Waals surface area (Å²) in [6, 6.07) is 18.6. The number of anilines is 1. The first-order valence-electron chi connectivity index (χ1n) is 11.7. The standard InChI is InChI=1S/C27H30N4O6S/c1-26(2,3)36-25(34)30-24-29-19(16-38-24)20(22(28)32)31-37-27(4,5)23(33)35-21(17-12-8-6-9-13-17)18-14-10-7-11-15-18/h6-16,21H,1-5H3,(H2,28,32)(H,29,30,34). The van der Waals surface area contributed by atoms with Crippen LogP contribution in [0.4, 0.5) is 9.93 Å². The Morgan fingerprint density at radius 2 is 1.50 bits per heavy atom. The number of ether oxygens (including phenoxy) is 2. The zero-order valence-corrected chi connectivity index (χ0v) is 22.6. The normalized spacial score (nSPS) is 12.1. The second-order valence-corrected chi connectivity index (χ2v) is 10.5. The lowest BCUT2D eigenvalue weighted by Crippen LogP contribution is -2.37. The molecule has 200 valence electrons. The van der Waals surface area contributed by atoms with Gasteiger partial charge in [0.15, 0.2) is 16.9 Å². The Morgan fingerprint density at radius 3 is 2.00 bits per heavy atom. The number of esters is 1. The van der Waals surface area contributed by atoms with Gasteiger partial charge in [0.2, 0.25) is 5.60 Å². The number of carbonyl (C=O) groups is 3. The van der Waals surface area contributed by atoms with Crippen molar-refractivity contribution in [1.29, 1.82) is 0 Å². The van der Waals surface area contributed by atoms with E-state index in [2.05, 4.69) is 15.5 Å². The molecule has 0 aliphatic rings. The molecule has 2 aromatic carbocycles. The van der Waals surface area contributed by atoms with Crippen molar-refractivity contribution in [3.8, 4) is 0 Å². The Labute approximate surface area is 224 Å². The summed E-state index contributed by atoms with van der Waals surface area (Å²) < 4.78 is 11.0. The highest BCUT2D eigenvalue weighted by Gasteiger charge is 2.36. The van der Waals surface area contributed by atoms with Crippen molar-refractivity contribution in [3.63, 3.8) is 0 Å². The largest absolute Gasteiger partial charge is 0.450 e. The van der Waals surface area contributed by atoms with Gasteiger partial charge >= 0.3 is 12.1 Å². The van der Waals surface area contributed by atoms with Crippen molar-refractivity contribution in [3.05, 3.63) is 82.9 Å². The molecular formula is C27H30N4O6S. The monoisotopic (exact) mass is 538 g/mol. The summed E-state index contributed by atoms with van der Waals surface area (Å²) in [4.78, 5) is 46.9. The van der Waals surface area contributed by atoms with Crippen molar-refractivity contribution in [2.75, 3.05) is 5.32 Å². The number of hydrogen-bond donors (Lipinski definition) is 2. The number of rotatable bonds is 9. The number of carbonyl (C=O) groups excluding carboxylic acids is 3. The minimum absolute atomic E-state index is 0.0594. The van der Waals surface area contributed by atoms with E-state index in [1.54, 1.807) is 20.8 Å². The lowest BCUT2D eigenvalue weighted by molar-refractivity contribution is -0.172. The summed E-state index contributed by atoms with van der Waals surface area (Å²) in [7, 11) is 0. The van der Waals surface area contributed by atoms with Crippen LogP contribution in [0, 0.1) is 0 Å². The molecule has 0 saturated carbocycles. The van der Waals surface area contributed by atoms with E-state index in [0.29, 0.717) is 0 Å². The topological polar surface area (TPSA) is 142 Å². The quantitative estimate of drug-likeness (QED) is 0.226. The summed E-state index contributed by atoms with van der Waals surface area (Å²) in [6.45, 7) is 8.10. The van der Waals surface area contributed by atoms with Gasteiger partial charge in [0.25, 0.3) is 5.91 Å². The number of thiazole rings is 1. The Balaban J connectivity index is 1.76. The molecule has 0 aliphatic carbocycles. The van der Waals surface area contributed by atoms with Crippen LogP contribution in [-0.2, 0) is 23.9 Å². The second kappa shape index (κ2) is 11.9. The van der Waals surface area contributed by atoms with Crippen LogP contribution in [0.25, 0.3) is 0 Å². The number of amides is 2. The molecule has 0 atom stereocenters. The lowest BCUT2D eigenvalue weighted by atomic mass is 10.0. The highest BCUT2D eigenvalue weighted by atomic mass is 32.1. The molecule has 0 aliphatic heterocycles. The van der Waals surface area contributed by atoms with E-state index >= 15 is 0 Å². The second-order valence-electron chi connectivity index (χ2n) is 9.68. The molecule has 1 heterocycles. The molecule has 0 bridgehead atoms. The predicted molar refractivity (Wildman–Crippen MR) is 144 cm³/mol. The van der Waals surface area contributed by atoms with Crippen molar-refractivity contribution < 1.29 is 28.7 Å². The molecule has 3 rings (SSSR count). The molecule has 10 nitrogen and oxygen atoms in total. The van der Waals surface area contributed by atoms with Crippen LogP contribution < -0.4 is 11.1 Å². The van der Waals surface area contributed by atoms with E-state index in [9.17, 15) is 14.4 Å². The Hall–Kier alpha value is -4.25. The molecule has 1 aromatic heterocycles. The first kappa shape index (κ1) is 28.3. The molecule has 0 radical (unpaired) electrons. The van der Waals surface area contributed by atoms with E-state index in [1.165, 1.54) is 19.2 Å². The third-order valence-electron chi connectivity index (χ3n) is 4.87. The summed E-state index contributed by atoms with van der Waals surface area (Å²) in [5, 5.41) is 7.94. The number of aromatic nitrogens is 1. The van der Waals surface area contributed by atoms with Crippen LogP contribution in [0.15, 0.2) is 71.2 Å². The molecule has 0 saturated heterocycles. The zero-order valence-electron chi connectivity index (χ0n) is 21.8. The lowest BCUT2D eigenvalue weighted by Gasteiger charge is -2.25. The maximum atomic E-state index is 13.2. The zero-order chi connectivity index (χ0) is 27.9. The SMILES string of the molecule is CC(C)(C)OC(=O)Nc1nc(C(=NOC(C)(C)C(=O)OC(c2ccccc2)c2ccccc2)C(N)=O)cs1. The van der Waals surface area contributed by atoms with E-state index in [0.717, 1.165) is 22.5 Å². The Kier molecular flexibility index (Phi) is 8.84. The Morgan fingerprint density at radius 1 is 0.947 bits per heavy atom. The first-order valence-corrected chi connectivity index (χ1v) is 12.6. The fourth-order valence-electron chi connectivity index (χ4n) is 3.08. The maximum Gasteiger partial charge on any atom is 0.413 e. The van der Waals surface area contributed by atoms with E-state index < -0.39 is 35.3 Å². The van der Waals surface area contributed by atoms with Crippen LogP contribution in [-0.4, -0.2) is 39.9 Å². The van der Waals surface area contributed by atoms with Crippen LogP contribution in [0.5, 0.6) is 0 Å². The maximum absolute atomic E-state index is 13.2. The van der Waals surface area contributed by atoms with Crippen LogP contribution >= 0.6 is 11.3 Å². The third-order valence-corrected chi connectivity index (χ3v) is 5.63. The number of benzene rings is 2. The number of nitrogens with two attached hydrogens (primary N) is 1. The predicted octanol–water partition coefficient (Wildman–Crippen LogP) is 4.81. The summed E-state index contributed by atoms with van der Waals surface area (Å²) in [5.74, 6) is -1.65. The summed E-state index contributed by atoms with van der Waals surface area (Å²) >= 11 is 1.03. The van der Waals surface area contributed by atoms with Gasteiger partial charge in [0, 0.05) is 5.38 Å². The van der Waals surface area contributed by atoms with Gasteiger partial charge in [-0.3, -0.25) is 10.1 Å². The first-order chi connectivity index (χ1) is 17.9. The van der Waals surface area contributed by atoms with Crippen molar-refractivity contribution in [2.24, 2.45) is 10.9 Å². The average Bonchev–Trinajstić information content (AvgIpc) is 3.29. The number of hydrogen-bond acceptors (Lipinski definition) is 9. The van der Waals surface area contributed by atoms with E-state index in [4.69, 9.17) is 20.0 Å². The van der Waals surface area contributed by atoms with Gasteiger partial charge in [0.05, 0.1) is 0 Å². The number of primary amides is 1. The van der Waals surface area contributed by atoms with E-state index in [-0.39, 0.29) is 16.5 Å². The summed E-state index contributed by atoms with van der Waals surface area (Å²) in [5.41, 5.74) is 4.48. The van der Waals surface area contributed by atoms with Crippen LogP contribution in [0.3, 0.4) is 0 Å². The molecule has 2 amide bonds. The highest BCUT2D eigenvalue weighted by molar-refractivity contribution is 7.14. The van der Waals surface area contributed by atoms with Crippen LogP contribution in [0.1, 0.15) is 57.5 Å². The molecule has 0 spiro atoms. The van der Waals surface area contributed by atoms with Gasteiger partial charge in [-0.25, -0.2) is 14.6 Å². The molecular weight excluding hydrogens is 508 g/mol. The van der Waals surface area contributed by atoms with Gasteiger partial charge in [-0.1, -0.05) is 65.8 Å². The molecule has 3 aromatic rings. The van der Waals surface area contributed by atoms with Gasteiger partial charge in [0.1, 0.15) is 11.3 Å². The molecule has 38 heavy (non-hydrogen) atoms. The van der Waals surface area contributed by atoms with Crippen LogP contribution in [0.2, 0.25) is 0 Å². The third kappa shape index (κ3) is 7.87. The van der Waals surface area contributed by atoms with Gasteiger partial charge in [-0.05, 0) is 45.7 Å². The average molecular weight is 539 g/mol. The van der Waals surface area contributed by atoms with Gasteiger partial charge in [-0.15, -0.1) is 11.3 Å². The fraction of sp³-hybridized carbons (Fsp3) is 0.296. The number of nitrogens with one attached hydrogen (secondary N) is 1. The molecule has 11 heteroatoms. The number of oxime groups is 1. The molecule has 3 N–H and O–H groups in total. The minimum atomic E-state index is -1.59. The fourth-order valence-corrected chi connectivity index (χ4v) is 3.76. The van der Waals surface area contributed by atoms with Crippen molar-refractivity contribution in [2.45, 2.75) is 51.9 Å².